The highest BCUT2D eigenvalue weighted by molar-refractivity contribution is 7.89. The highest BCUT2D eigenvalue weighted by Crippen LogP contribution is 2.15. The number of hydrogen-bond acceptors (Lipinski definition) is 5. The fraction of sp³-hybridized carbons (Fsp3) is 0.417. The first kappa shape index (κ1) is 15.2. The number of hydrogen-bond donors (Lipinski definition) is 2. The summed E-state index contributed by atoms with van der Waals surface area (Å²) >= 11 is 1.44. The molecule has 6 nitrogen and oxygen atoms in total. The van der Waals surface area contributed by atoms with Gasteiger partial charge in [0.15, 0.2) is 0 Å². The van der Waals surface area contributed by atoms with Crippen LogP contribution in [0.2, 0.25) is 0 Å². The van der Waals surface area contributed by atoms with E-state index < -0.39 is 10.0 Å². The Labute approximate surface area is 122 Å². The molecule has 0 amide bonds. The van der Waals surface area contributed by atoms with Crippen LogP contribution in [0.4, 0.5) is 0 Å². The first-order chi connectivity index (χ1) is 9.56. The summed E-state index contributed by atoms with van der Waals surface area (Å²) in [4.78, 5) is 4.35. The van der Waals surface area contributed by atoms with Crippen molar-refractivity contribution in [2.24, 2.45) is 0 Å². The third kappa shape index (κ3) is 3.45. The molecule has 0 aliphatic rings. The molecule has 0 aromatic carbocycles. The minimum absolute atomic E-state index is 0.213. The van der Waals surface area contributed by atoms with E-state index in [1.54, 1.807) is 17.8 Å². The largest absolute Gasteiger partial charge is 0.349 e. The zero-order valence-electron chi connectivity index (χ0n) is 11.5. The maximum Gasteiger partial charge on any atom is 0.242 e. The molecule has 0 aliphatic heterocycles. The minimum atomic E-state index is -3.50. The number of aromatic nitrogens is 2. The molecule has 8 heteroatoms. The van der Waals surface area contributed by atoms with Crippen molar-refractivity contribution in [3.63, 3.8) is 0 Å². The first-order valence-electron chi connectivity index (χ1n) is 6.27. The molecule has 2 rings (SSSR count). The van der Waals surface area contributed by atoms with Gasteiger partial charge in [0.05, 0.1) is 22.6 Å². The van der Waals surface area contributed by atoms with Crippen LogP contribution >= 0.6 is 11.3 Å². The van der Waals surface area contributed by atoms with Crippen molar-refractivity contribution in [3.8, 4) is 0 Å². The van der Waals surface area contributed by atoms with E-state index in [-0.39, 0.29) is 6.54 Å². The molecule has 2 N–H and O–H groups in total. The van der Waals surface area contributed by atoms with Crippen molar-refractivity contribution in [2.45, 2.75) is 31.5 Å². The molecule has 2 heterocycles. The first-order valence-corrected chi connectivity index (χ1v) is 8.69. The standard InChI is InChI=1S/C12H18N4O2S2/c1-3-16-7-12(4-11(16)6-13-2)20(17,18)15-5-10-8-19-9-14-10/h4,7-9,13,15H,3,5-6H2,1-2H3. The van der Waals surface area contributed by atoms with Crippen molar-refractivity contribution in [1.29, 1.82) is 0 Å². The van der Waals surface area contributed by atoms with Crippen molar-refractivity contribution in [1.82, 2.24) is 19.6 Å². The monoisotopic (exact) mass is 314 g/mol. The summed E-state index contributed by atoms with van der Waals surface area (Å²) in [5, 5.41) is 4.86. The molecule has 0 fully saturated rings. The summed E-state index contributed by atoms with van der Waals surface area (Å²) in [6.07, 6.45) is 1.66. The van der Waals surface area contributed by atoms with Crippen LogP contribution in [-0.4, -0.2) is 25.0 Å². The topological polar surface area (TPSA) is 76.0 Å². The SMILES string of the molecule is CCn1cc(S(=O)(=O)NCc2cscn2)cc1CNC. The van der Waals surface area contributed by atoms with Gasteiger partial charge in [-0.3, -0.25) is 0 Å². The van der Waals surface area contributed by atoms with Crippen LogP contribution in [0.15, 0.2) is 28.0 Å². The molecule has 0 aliphatic carbocycles. The van der Waals surface area contributed by atoms with Crippen LogP contribution in [0.5, 0.6) is 0 Å². The fourth-order valence-corrected chi connectivity index (χ4v) is 3.49. The Balaban J connectivity index is 2.16. The molecule has 0 spiro atoms. The van der Waals surface area contributed by atoms with Crippen LogP contribution in [0, 0.1) is 0 Å². The number of rotatable bonds is 7. The van der Waals surface area contributed by atoms with Gasteiger partial charge in [-0.1, -0.05) is 0 Å². The molecule has 0 radical (unpaired) electrons. The second-order valence-electron chi connectivity index (χ2n) is 4.29. The van der Waals surface area contributed by atoms with E-state index in [9.17, 15) is 8.42 Å². The maximum atomic E-state index is 12.2. The van der Waals surface area contributed by atoms with Gasteiger partial charge in [0.2, 0.25) is 10.0 Å². The Hall–Kier alpha value is -1.22. The van der Waals surface area contributed by atoms with E-state index in [4.69, 9.17) is 0 Å². The highest BCUT2D eigenvalue weighted by atomic mass is 32.2. The second kappa shape index (κ2) is 6.49. The smallest absolute Gasteiger partial charge is 0.242 e. The van der Waals surface area contributed by atoms with Gasteiger partial charge >= 0.3 is 0 Å². The van der Waals surface area contributed by atoms with Gasteiger partial charge in [0.25, 0.3) is 0 Å². The molecule has 0 bridgehead atoms. The summed E-state index contributed by atoms with van der Waals surface area (Å²) in [7, 11) is -1.67. The van der Waals surface area contributed by atoms with E-state index in [1.165, 1.54) is 11.3 Å². The molecule has 0 unspecified atom stereocenters. The van der Waals surface area contributed by atoms with Crippen molar-refractivity contribution in [3.05, 3.63) is 34.5 Å². The number of aryl methyl sites for hydroxylation is 1. The van der Waals surface area contributed by atoms with Crippen molar-refractivity contribution in [2.75, 3.05) is 7.05 Å². The van der Waals surface area contributed by atoms with Crippen LogP contribution < -0.4 is 10.0 Å². The van der Waals surface area contributed by atoms with Crippen LogP contribution in [0.25, 0.3) is 0 Å². The van der Waals surface area contributed by atoms with Crippen LogP contribution in [0.1, 0.15) is 18.3 Å². The molecule has 2 aromatic rings. The molecule has 0 saturated carbocycles. The predicted octanol–water partition coefficient (Wildman–Crippen LogP) is 1.16. The van der Waals surface area contributed by atoms with E-state index in [0.717, 1.165) is 17.9 Å². The lowest BCUT2D eigenvalue weighted by Crippen LogP contribution is -2.23. The van der Waals surface area contributed by atoms with Crippen LogP contribution in [0.3, 0.4) is 0 Å². The van der Waals surface area contributed by atoms with Crippen LogP contribution in [-0.2, 0) is 29.7 Å². The molecule has 20 heavy (non-hydrogen) atoms. The van der Waals surface area contributed by atoms with Crippen molar-refractivity contribution >= 4 is 21.4 Å². The summed E-state index contributed by atoms with van der Waals surface area (Å²) in [5.41, 5.74) is 3.36. The highest BCUT2D eigenvalue weighted by Gasteiger charge is 2.18. The van der Waals surface area contributed by atoms with Gasteiger partial charge in [-0.15, -0.1) is 11.3 Å². The average molecular weight is 314 g/mol. The molecule has 0 atom stereocenters. The number of nitrogens with one attached hydrogen (secondary N) is 2. The third-order valence-corrected chi connectivity index (χ3v) is 4.90. The maximum absolute atomic E-state index is 12.2. The van der Waals surface area contributed by atoms with Gasteiger partial charge in [-0.05, 0) is 20.0 Å². The van der Waals surface area contributed by atoms with Gasteiger partial charge < -0.3 is 9.88 Å². The van der Waals surface area contributed by atoms with Gasteiger partial charge in [0.1, 0.15) is 0 Å². The van der Waals surface area contributed by atoms with E-state index in [0.29, 0.717) is 11.4 Å². The number of thiazole rings is 1. The Morgan fingerprint density at radius 3 is 2.80 bits per heavy atom. The Morgan fingerprint density at radius 1 is 1.40 bits per heavy atom. The van der Waals surface area contributed by atoms with Crippen molar-refractivity contribution < 1.29 is 8.42 Å². The average Bonchev–Trinajstić information content (AvgIpc) is 3.06. The van der Waals surface area contributed by atoms with Gasteiger partial charge in [-0.2, -0.15) is 0 Å². The van der Waals surface area contributed by atoms with E-state index in [2.05, 4.69) is 15.0 Å². The summed E-state index contributed by atoms with van der Waals surface area (Å²) in [5.74, 6) is 0. The molecule has 0 saturated heterocycles. The number of nitrogens with zero attached hydrogens (tertiary/aromatic N) is 2. The number of sulfonamides is 1. The Kier molecular flexibility index (Phi) is 4.92. The summed E-state index contributed by atoms with van der Waals surface area (Å²) < 4.78 is 29.0. The molecular formula is C12H18N4O2S2. The summed E-state index contributed by atoms with van der Waals surface area (Å²) in [6, 6.07) is 1.70. The summed E-state index contributed by atoms with van der Waals surface area (Å²) in [6.45, 7) is 3.57. The van der Waals surface area contributed by atoms with E-state index in [1.807, 2.05) is 23.9 Å². The fourth-order valence-electron chi connectivity index (χ4n) is 1.87. The zero-order valence-corrected chi connectivity index (χ0v) is 13.1. The molecule has 110 valence electrons. The van der Waals surface area contributed by atoms with Gasteiger partial charge in [0, 0.05) is 30.4 Å². The van der Waals surface area contributed by atoms with Gasteiger partial charge in [-0.25, -0.2) is 18.1 Å². The molecule has 2 aromatic heterocycles. The lowest BCUT2D eigenvalue weighted by molar-refractivity contribution is 0.580. The lowest BCUT2D eigenvalue weighted by atomic mass is 10.4. The van der Waals surface area contributed by atoms with E-state index >= 15 is 0 Å². The lowest BCUT2D eigenvalue weighted by Gasteiger charge is -2.03. The third-order valence-electron chi connectivity index (χ3n) is 2.90. The quantitative estimate of drug-likeness (QED) is 0.804. The normalized spacial score (nSPS) is 11.9. The zero-order chi connectivity index (χ0) is 14.6. The second-order valence-corrected chi connectivity index (χ2v) is 6.77. The minimum Gasteiger partial charge on any atom is -0.349 e. The Bertz CT molecular complexity index is 647. The Morgan fingerprint density at radius 2 is 2.20 bits per heavy atom. The molecular weight excluding hydrogens is 296 g/mol. The predicted molar refractivity (Wildman–Crippen MR) is 79.0 cm³/mol.